The van der Waals surface area contributed by atoms with Gasteiger partial charge in [-0.15, -0.1) is 0 Å². The second-order valence-corrected chi connectivity index (χ2v) is 7.21. The number of Topliss-reactive ketones (excluding diaryl/α,β-unsaturated/α-hetero) is 1. The van der Waals surface area contributed by atoms with Crippen LogP contribution >= 0.6 is 0 Å². The molecule has 0 saturated carbocycles. The van der Waals surface area contributed by atoms with E-state index in [0.717, 1.165) is 29.7 Å². The summed E-state index contributed by atoms with van der Waals surface area (Å²) in [5.41, 5.74) is 3.35. The lowest BCUT2D eigenvalue weighted by atomic mass is 9.89. The number of aromatic amines is 1. The Morgan fingerprint density at radius 3 is 2.42 bits per heavy atom. The van der Waals surface area contributed by atoms with Crippen LogP contribution in [0, 0.1) is 25.6 Å². The van der Waals surface area contributed by atoms with E-state index in [-0.39, 0.29) is 17.5 Å². The molecule has 26 heavy (non-hydrogen) atoms. The average Bonchev–Trinajstić information content (AvgIpc) is 2.92. The summed E-state index contributed by atoms with van der Waals surface area (Å²) in [7, 11) is 0. The SMILES string of the molecule is CC(=O)c1[nH]c(C)c(C(=O)N2CCC(Cc3ccccc3F)CC2)c1C. The van der Waals surface area contributed by atoms with E-state index in [0.29, 0.717) is 36.7 Å². The summed E-state index contributed by atoms with van der Waals surface area (Å²) in [5.74, 6) is 0.153. The largest absolute Gasteiger partial charge is 0.355 e. The topological polar surface area (TPSA) is 53.2 Å². The van der Waals surface area contributed by atoms with E-state index in [1.807, 2.05) is 30.9 Å². The van der Waals surface area contributed by atoms with Gasteiger partial charge in [0.1, 0.15) is 5.82 Å². The van der Waals surface area contributed by atoms with E-state index in [9.17, 15) is 14.0 Å². The predicted molar refractivity (Wildman–Crippen MR) is 99.0 cm³/mol. The Balaban J connectivity index is 1.66. The number of H-pyrrole nitrogens is 1. The van der Waals surface area contributed by atoms with E-state index in [4.69, 9.17) is 0 Å². The fraction of sp³-hybridized carbons (Fsp3) is 0.429. The minimum Gasteiger partial charge on any atom is -0.355 e. The number of rotatable bonds is 4. The summed E-state index contributed by atoms with van der Waals surface area (Å²) in [6.45, 7) is 6.48. The van der Waals surface area contributed by atoms with Crippen LogP contribution in [0.5, 0.6) is 0 Å². The van der Waals surface area contributed by atoms with Gasteiger partial charge in [0.15, 0.2) is 5.78 Å². The molecule has 2 aromatic rings. The van der Waals surface area contributed by atoms with Crippen LogP contribution in [-0.4, -0.2) is 34.7 Å². The van der Waals surface area contributed by atoms with E-state index in [1.165, 1.54) is 13.0 Å². The second kappa shape index (κ2) is 7.44. The number of ketones is 1. The van der Waals surface area contributed by atoms with Gasteiger partial charge in [-0.1, -0.05) is 18.2 Å². The minimum absolute atomic E-state index is 0.0203. The minimum atomic E-state index is -0.152. The van der Waals surface area contributed by atoms with Crippen LogP contribution < -0.4 is 0 Å². The van der Waals surface area contributed by atoms with Crippen molar-refractivity contribution in [3.8, 4) is 0 Å². The summed E-state index contributed by atoms with van der Waals surface area (Å²) in [4.78, 5) is 29.5. The van der Waals surface area contributed by atoms with Crippen LogP contribution in [0.2, 0.25) is 0 Å². The van der Waals surface area contributed by atoms with Crippen molar-refractivity contribution in [1.82, 2.24) is 9.88 Å². The molecule has 1 aromatic heterocycles. The first-order valence-electron chi connectivity index (χ1n) is 9.11. The lowest BCUT2D eigenvalue weighted by molar-refractivity contribution is 0.0689. The van der Waals surface area contributed by atoms with Crippen LogP contribution in [0.3, 0.4) is 0 Å². The fourth-order valence-corrected chi connectivity index (χ4v) is 3.90. The maximum atomic E-state index is 13.8. The summed E-state index contributed by atoms with van der Waals surface area (Å²) >= 11 is 0. The lowest BCUT2D eigenvalue weighted by Crippen LogP contribution is -2.39. The summed E-state index contributed by atoms with van der Waals surface area (Å²) in [6, 6.07) is 6.90. The van der Waals surface area contributed by atoms with Crippen molar-refractivity contribution in [2.75, 3.05) is 13.1 Å². The molecule has 1 saturated heterocycles. The van der Waals surface area contributed by atoms with Gasteiger partial charge in [-0.3, -0.25) is 9.59 Å². The van der Waals surface area contributed by atoms with E-state index in [1.54, 1.807) is 6.07 Å². The number of piperidine rings is 1. The third-order valence-corrected chi connectivity index (χ3v) is 5.37. The van der Waals surface area contributed by atoms with Gasteiger partial charge in [-0.05, 0) is 56.2 Å². The highest BCUT2D eigenvalue weighted by molar-refractivity contribution is 6.02. The number of carbonyl (C=O) groups is 2. The highest BCUT2D eigenvalue weighted by atomic mass is 19.1. The molecule has 138 valence electrons. The van der Waals surface area contributed by atoms with Crippen LogP contribution in [0.25, 0.3) is 0 Å². The molecule has 5 heteroatoms. The van der Waals surface area contributed by atoms with Gasteiger partial charge in [0, 0.05) is 25.7 Å². The van der Waals surface area contributed by atoms with Gasteiger partial charge >= 0.3 is 0 Å². The third kappa shape index (κ3) is 3.57. The first kappa shape index (κ1) is 18.4. The maximum Gasteiger partial charge on any atom is 0.255 e. The van der Waals surface area contributed by atoms with Gasteiger partial charge < -0.3 is 9.88 Å². The highest BCUT2D eigenvalue weighted by Gasteiger charge is 2.28. The number of hydrogen-bond acceptors (Lipinski definition) is 2. The molecule has 0 aliphatic carbocycles. The highest BCUT2D eigenvalue weighted by Crippen LogP contribution is 2.26. The number of aryl methyl sites for hydroxylation is 1. The molecule has 0 spiro atoms. The molecular weight excluding hydrogens is 331 g/mol. The third-order valence-electron chi connectivity index (χ3n) is 5.37. The Kier molecular flexibility index (Phi) is 5.25. The number of carbonyl (C=O) groups excluding carboxylic acids is 2. The Morgan fingerprint density at radius 1 is 1.19 bits per heavy atom. The summed E-state index contributed by atoms with van der Waals surface area (Å²) in [5, 5.41) is 0. The van der Waals surface area contributed by atoms with Crippen molar-refractivity contribution in [3.05, 3.63) is 58.2 Å². The van der Waals surface area contributed by atoms with E-state index < -0.39 is 0 Å². The number of amides is 1. The van der Waals surface area contributed by atoms with Gasteiger partial charge in [-0.2, -0.15) is 0 Å². The maximum absolute atomic E-state index is 13.8. The normalized spacial score (nSPS) is 15.3. The van der Waals surface area contributed by atoms with Crippen molar-refractivity contribution >= 4 is 11.7 Å². The van der Waals surface area contributed by atoms with E-state index >= 15 is 0 Å². The standard InChI is InChI=1S/C21H25FN2O2/c1-13-19(14(2)23-20(13)15(3)25)21(26)24-10-8-16(9-11-24)12-17-6-4-5-7-18(17)22/h4-7,16,23H,8-12H2,1-3H3. The summed E-state index contributed by atoms with van der Waals surface area (Å²) in [6.07, 6.45) is 2.44. The molecule has 3 rings (SSSR count). The first-order chi connectivity index (χ1) is 12.4. The number of benzene rings is 1. The molecule has 1 amide bonds. The van der Waals surface area contributed by atoms with Gasteiger partial charge in [0.05, 0.1) is 11.3 Å². The van der Waals surface area contributed by atoms with Crippen LogP contribution in [0.15, 0.2) is 24.3 Å². The van der Waals surface area contributed by atoms with Crippen molar-refractivity contribution in [1.29, 1.82) is 0 Å². The summed E-state index contributed by atoms with van der Waals surface area (Å²) < 4.78 is 13.8. The number of likely N-dealkylation sites (tertiary alicyclic amines) is 1. The van der Waals surface area contributed by atoms with Gasteiger partial charge in [0.25, 0.3) is 5.91 Å². The monoisotopic (exact) mass is 356 g/mol. The van der Waals surface area contributed by atoms with Crippen molar-refractivity contribution in [2.24, 2.45) is 5.92 Å². The number of nitrogens with zero attached hydrogens (tertiary/aromatic N) is 1. The molecular formula is C21H25FN2O2. The quantitative estimate of drug-likeness (QED) is 0.840. The van der Waals surface area contributed by atoms with Crippen LogP contribution in [0.4, 0.5) is 4.39 Å². The Labute approximate surface area is 153 Å². The molecule has 1 aliphatic rings. The molecule has 0 unspecified atom stereocenters. The zero-order valence-electron chi connectivity index (χ0n) is 15.6. The number of halogens is 1. The Bertz CT molecular complexity index is 833. The molecule has 4 nitrogen and oxygen atoms in total. The average molecular weight is 356 g/mol. The fourth-order valence-electron chi connectivity index (χ4n) is 3.90. The second-order valence-electron chi connectivity index (χ2n) is 7.21. The van der Waals surface area contributed by atoms with Crippen LogP contribution in [-0.2, 0) is 6.42 Å². The van der Waals surface area contributed by atoms with Crippen molar-refractivity contribution in [3.63, 3.8) is 0 Å². The molecule has 1 aliphatic heterocycles. The molecule has 1 aromatic carbocycles. The first-order valence-corrected chi connectivity index (χ1v) is 9.11. The number of hydrogen-bond donors (Lipinski definition) is 1. The number of nitrogens with one attached hydrogen (secondary N) is 1. The lowest BCUT2D eigenvalue weighted by Gasteiger charge is -2.32. The Hall–Kier alpha value is -2.43. The van der Waals surface area contributed by atoms with Crippen molar-refractivity contribution in [2.45, 2.75) is 40.0 Å². The predicted octanol–water partition coefficient (Wildman–Crippen LogP) is 4.07. The molecule has 1 N–H and O–H groups in total. The molecule has 1 fully saturated rings. The molecule has 2 heterocycles. The van der Waals surface area contributed by atoms with E-state index in [2.05, 4.69) is 4.98 Å². The smallest absolute Gasteiger partial charge is 0.255 e. The molecule has 0 atom stereocenters. The van der Waals surface area contributed by atoms with Crippen molar-refractivity contribution < 1.29 is 14.0 Å². The van der Waals surface area contributed by atoms with Gasteiger partial charge in [0.2, 0.25) is 0 Å². The zero-order chi connectivity index (χ0) is 18.8. The zero-order valence-corrected chi connectivity index (χ0v) is 15.6. The number of aromatic nitrogens is 1. The van der Waals surface area contributed by atoms with Crippen LogP contribution in [0.1, 0.15) is 57.4 Å². The molecule has 0 bridgehead atoms. The Morgan fingerprint density at radius 2 is 1.85 bits per heavy atom. The molecule has 0 radical (unpaired) electrons. The van der Waals surface area contributed by atoms with Gasteiger partial charge in [-0.25, -0.2) is 4.39 Å².